The molecule has 1 aromatic carbocycles. The predicted octanol–water partition coefficient (Wildman–Crippen LogP) is 5.77. The van der Waals surface area contributed by atoms with Crippen LogP contribution in [0.25, 0.3) is 0 Å². The van der Waals surface area contributed by atoms with Gasteiger partial charge in [-0.05, 0) is 42.6 Å². The van der Waals surface area contributed by atoms with Crippen molar-refractivity contribution in [3.8, 4) is 0 Å². The van der Waals surface area contributed by atoms with Crippen molar-refractivity contribution >= 4 is 14.3 Å². The second-order valence-corrected chi connectivity index (χ2v) is 14.3. The van der Waals surface area contributed by atoms with Crippen LogP contribution in [0.2, 0.25) is 18.1 Å². The molecule has 0 amide bonds. The molecule has 0 aromatic heterocycles. The van der Waals surface area contributed by atoms with Crippen molar-refractivity contribution in [1.29, 1.82) is 0 Å². The first-order chi connectivity index (χ1) is 13.1. The van der Waals surface area contributed by atoms with E-state index >= 15 is 0 Å². The maximum Gasteiger partial charge on any atom is 0.373 e. The van der Waals surface area contributed by atoms with E-state index in [0.29, 0.717) is 0 Å². The molecule has 1 aromatic rings. The largest absolute Gasteiger partial charge is 0.463 e. The van der Waals surface area contributed by atoms with Crippen LogP contribution in [0.3, 0.4) is 0 Å². The number of hydrogen-bond donors (Lipinski definition) is 0. The molecule has 154 valence electrons. The Kier molecular flexibility index (Phi) is 5.79. The molecule has 1 saturated carbocycles. The summed E-state index contributed by atoms with van der Waals surface area (Å²) >= 11 is 0. The number of carbonyl (C=O) groups excluding carboxylic acids is 1. The van der Waals surface area contributed by atoms with Gasteiger partial charge in [0.25, 0.3) is 0 Å². The van der Waals surface area contributed by atoms with Crippen LogP contribution in [0.1, 0.15) is 57.9 Å². The Hall–Kier alpha value is -1.59. The normalized spacial score (nSPS) is 28.0. The summed E-state index contributed by atoms with van der Waals surface area (Å²) in [4.78, 5) is 12.5. The van der Waals surface area contributed by atoms with Crippen LogP contribution in [-0.4, -0.2) is 27.2 Å². The second-order valence-electron chi connectivity index (χ2n) is 9.59. The lowest BCUT2D eigenvalue weighted by Crippen LogP contribution is -2.58. The van der Waals surface area contributed by atoms with E-state index in [4.69, 9.17) is 13.9 Å². The zero-order chi connectivity index (χ0) is 20.6. The molecule has 1 heterocycles. The molecular weight excluding hydrogens is 368 g/mol. The highest BCUT2D eigenvalue weighted by Gasteiger charge is 2.55. The first-order valence-corrected chi connectivity index (χ1v) is 13.2. The molecule has 2 aliphatic rings. The van der Waals surface area contributed by atoms with Crippen LogP contribution in [0.5, 0.6) is 0 Å². The summed E-state index contributed by atoms with van der Waals surface area (Å²) in [6.45, 7) is 11.2. The molecule has 28 heavy (non-hydrogen) atoms. The molecule has 4 nitrogen and oxygen atoms in total. The molecule has 1 aliphatic carbocycles. The topological polar surface area (TPSA) is 44.8 Å². The summed E-state index contributed by atoms with van der Waals surface area (Å²) in [5.74, 6) is -0.642. The number of benzene rings is 1. The smallest absolute Gasteiger partial charge is 0.373 e. The monoisotopic (exact) mass is 402 g/mol. The Morgan fingerprint density at radius 2 is 1.86 bits per heavy atom. The Balaban J connectivity index is 2.09. The Morgan fingerprint density at radius 3 is 2.46 bits per heavy atom. The number of esters is 1. The van der Waals surface area contributed by atoms with Gasteiger partial charge in [0, 0.05) is 18.3 Å². The molecule has 0 unspecified atom stereocenters. The number of fused-ring (bicyclic) bond motifs is 1. The Morgan fingerprint density at radius 1 is 1.18 bits per heavy atom. The highest BCUT2D eigenvalue weighted by Crippen LogP contribution is 2.53. The van der Waals surface area contributed by atoms with Crippen LogP contribution in [0.15, 0.2) is 42.2 Å². The standard InChI is InChI=1S/C23H34O4Si/c1-22(2,3)28(5,6)27-23-15-11-10-14-19(23)18(17-12-8-7-9-13-17)16-20(26-23)21(24)25-4/h7-9,12-13,16,18-19H,10-11,14-15H2,1-6H3/t18-,19-,23-/m1/s1. The predicted molar refractivity (Wildman–Crippen MR) is 113 cm³/mol. The van der Waals surface area contributed by atoms with Crippen molar-refractivity contribution in [3.05, 3.63) is 47.7 Å². The van der Waals surface area contributed by atoms with Crippen molar-refractivity contribution in [1.82, 2.24) is 0 Å². The minimum Gasteiger partial charge on any atom is -0.463 e. The first-order valence-electron chi connectivity index (χ1n) is 10.3. The lowest BCUT2D eigenvalue weighted by Gasteiger charge is -2.53. The SMILES string of the molecule is COC(=O)C1=C[C@H](c2ccccc2)[C@H]2CCCC[C@]2(O[Si](C)(C)C(C)(C)C)O1. The van der Waals surface area contributed by atoms with Crippen LogP contribution in [0.4, 0.5) is 0 Å². The second kappa shape index (κ2) is 7.67. The van der Waals surface area contributed by atoms with E-state index in [0.717, 1.165) is 25.7 Å². The quantitative estimate of drug-likeness (QED) is 0.474. The van der Waals surface area contributed by atoms with Gasteiger partial charge in [0.1, 0.15) is 0 Å². The molecule has 0 spiro atoms. The fourth-order valence-corrected chi connectivity index (χ4v) is 5.63. The third-order valence-corrected chi connectivity index (χ3v) is 11.2. The Labute approximate surface area is 170 Å². The van der Waals surface area contributed by atoms with Crippen molar-refractivity contribution < 1.29 is 18.7 Å². The van der Waals surface area contributed by atoms with E-state index in [2.05, 4.69) is 58.1 Å². The van der Waals surface area contributed by atoms with Crippen molar-refractivity contribution in [2.75, 3.05) is 7.11 Å². The molecular formula is C23H34O4Si. The van der Waals surface area contributed by atoms with Crippen molar-refractivity contribution in [2.45, 2.75) is 76.3 Å². The number of methoxy groups -OCH3 is 1. The molecule has 1 aliphatic heterocycles. The van der Waals surface area contributed by atoms with E-state index in [1.807, 2.05) is 12.1 Å². The zero-order valence-corrected chi connectivity index (χ0v) is 19.1. The summed E-state index contributed by atoms with van der Waals surface area (Å²) in [6.07, 6.45) is 5.98. The van der Waals surface area contributed by atoms with Crippen LogP contribution < -0.4 is 0 Å². The van der Waals surface area contributed by atoms with Crippen molar-refractivity contribution in [2.24, 2.45) is 5.92 Å². The molecule has 0 bridgehead atoms. The molecule has 1 fully saturated rings. The Bertz CT molecular complexity index is 735. The van der Waals surface area contributed by atoms with E-state index in [-0.39, 0.29) is 22.6 Å². The summed E-state index contributed by atoms with van der Waals surface area (Å²) < 4.78 is 18.4. The highest BCUT2D eigenvalue weighted by atomic mass is 28.4. The summed E-state index contributed by atoms with van der Waals surface area (Å²) in [5, 5.41) is 0.0575. The van der Waals surface area contributed by atoms with E-state index < -0.39 is 20.1 Å². The highest BCUT2D eigenvalue weighted by molar-refractivity contribution is 6.74. The minimum atomic E-state index is -2.12. The van der Waals surface area contributed by atoms with Gasteiger partial charge < -0.3 is 13.9 Å². The lowest BCUT2D eigenvalue weighted by atomic mass is 9.71. The minimum absolute atomic E-state index is 0.0575. The fourth-order valence-electron chi connectivity index (χ4n) is 4.17. The van der Waals surface area contributed by atoms with Gasteiger partial charge in [0.15, 0.2) is 8.32 Å². The van der Waals surface area contributed by atoms with E-state index in [1.54, 1.807) is 0 Å². The van der Waals surface area contributed by atoms with Gasteiger partial charge in [-0.1, -0.05) is 57.5 Å². The van der Waals surface area contributed by atoms with Crippen LogP contribution in [-0.2, 0) is 18.7 Å². The van der Waals surface area contributed by atoms with Crippen LogP contribution >= 0.6 is 0 Å². The van der Waals surface area contributed by atoms with Gasteiger partial charge in [-0.25, -0.2) is 4.79 Å². The zero-order valence-electron chi connectivity index (χ0n) is 18.1. The van der Waals surface area contributed by atoms with Gasteiger partial charge in [0.05, 0.1) is 7.11 Å². The molecule has 3 rings (SSSR count). The first kappa shape index (κ1) is 21.1. The number of allylic oxidation sites excluding steroid dienone is 1. The summed E-state index contributed by atoms with van der Waals surface area (Å²) in [5.41, 5.74) is 1.20. The maximum atomic E-state index is 12.5. The third kappa shape index (κ3) is 3.92. The summed E-state index contributed by atoms with van der Waals surface area (Å²) in [6, 6.07) is 10.4. The number of ether oxygens (including phenoxy) is 2. The van der Waals surface area contributed by atoms with Gasteiger partial charge in [-0.3, -0.25) is 0 Å². The molecule has 0 saturated heterocycles. The number of rotatable bonds is 4. The third-order valence-electron chi connectivity index (χ3n) is 6.71. The number of carbonyl (C=O) groups is 1. The molecule has 0 radical (unpaired) electrons. The fraction of sp³-hybridized carbons (Fsp3) is 0.609. The van der Waals surface area contributed by atoms with Crippen LogP contribution in [0, 0.1) is 5.92 Å². The lowest BCUT2D eigenvalue weighted by molar-refractivity contribution is -0.232. The van der Waals surface area contributed by atoms with Gasteiger partial charge in [-0.15, -0.1) is 0 Å². The van der Waals surface area contributed by atoms with E-state index in [1.165, 1.54) is 12.7 Å². The van der Waals surface area contributed by atoms with Gasteiger partial charge in [0.2, 0.25) is 11.5 Å². The van der Waals surface area contributed by atoms with Crippen molar-refractivity contribution in [3.63, 3.8) is 0 Å². The van der Waals surface area contributed by atoms with Gasteiger partial charge >= 0.3 is 5.97 Å². The van der Waals surface area contributed by atoms with Gasteiger partial charge in [-0.2, -0.15) is 0 Å². The molecule has 3 atom stereocenters. The maximum absolute atomic E-state index is 12.5. The average Bonchev–Trinajstić information content (AvgIpc) is 2.65. The average molecular weight is 403 g/mol. The van der Waals surface area contributed by atoms with E-state index in [9.17, 15) is 4.79 Å². The molecule has 0 N–H and O–H groups in total. The number of hydrogen-bond acceptors (Lipinski definition) is 4. The molecule has 5 heteroatoms. The summed E-state index contributed by atoms with van der Waals surface area (Å²) in [7, 11) is -0.718.